The fourth-order valence-electron chi connectivity index (χ4n) is 4.51. The molecule has 4 aromatic carbocycles. The van der Waals surface area contributed by atoms with E-state index in [2.05, 4.69) is 90.1 Å². The van der Waals surface area contributed by atoms with E-state index in [1.54, 1.807) is 26.4 Å². The highest BCUT2D eigenvalue weighted by Crippen LogP contribution is 2.39. The summed E-state index contributed by atoms with van der Waals surface area (Å²) < 4.78 is 19.6. The number of aromatic hydroxyl groups is 1. The Hall–Kier alpha value is -3.41. The van der Waals surface area contributed by atoms with Crippen LogP contribution in [0.2, 0.25) is 0 Å². The predicted molar refractivity (Wildman–Crippen MR) is 219 cm³/mol. The topological polar surface area (TPSA) is 58.9 Å². The maximum atomic E-state index is 9.34. The van der Waals surface area contributed by atoms with Crippen molar-refractivity contribution in [1.82, 2.24) is 0 Å². The highest BCUT2D eigenvalue weighted by atomic mass is 32.3. The highest BCUT2D eigenvalue weighted by molar-refractivity contribution is 8.28. The Morgan fingerprint density at radius 3 is 0.980 bits per heavy atom. The van der Waals surface area contributed by atoms with Crippen LogP contribution in [0.3, 0.4) is 0 Å². The SMILES string of the molecule is CC.CC.CC(C)S(C)(C)O.COc1ccc(C(C)(C)c2ccc(C(C)C)cc2)cc1.COc1ccc(C(C)(C)c2ccc(O)cc2)cc1. The van der Waals surface area contributed by atoms with Crippen LogP contribution in [0, 0.1) is 0 Å². The second kappa shape index (κ2) is 21.6. The normalized spacial score (nSPS) is 11.3. The standard InChI is InChI=1S/C19H24O.C16H18O2.C5H14OS.2C2H6/c1-14(2)15-6-8-16(9-7-15)19(3,4)17-10-12-18(20-5)13-11-17;1-16(2,12-4-8-14(17)9-5-12)13-6-10-15(18-3)11-7-13;1-5(2)7(3,4)6;2*1-2/h6-14H,1-5H3;4-11,17H,1-3H3;5-6H,1-4H3;2*1-2H3. The summed E-state index contributed by atoms with van der Waals surface area (Å²) in [5.74, 6) is 2.64. The average molecular weight is 693 g/mol. The van der Waals surface area contributed by atoms with Crippen molar-refractivity contribution in [2.24, 2.45) is 0 Å². The Kier molecular flexibility index (Phi) is 20.1. The van der Waals surface area contributed by atoms with Gasteiger partial charge in [-0.3, -0.25) is 0 Å². The molecule has 0 aliphatic rings. The molecule has 0 aromatic heterocycles. The minimum atomic E-state index is -1.24. The summed E-state index contributed by atoms with van der Waals surface area (Å²) in [7, 11) is 2.13. The fourth-order valence-corrected chi connectivity index (χ4v) is 4.51. The van der Waals surface area contributed by atoms with Crippen LogP contribution >= 0.6 is 10.3 Å². The van der Waals surface area contributed by atoms with E-state index in [0.717, 1.165) is 11.5 Å². The van der Waals surface area contributed by atoms with Crippen molar-refractivity contribution in [2.45, 2.75) is 105 Å². The molecule has 0 spiro atoms. The van der Waals surface area contributed by atoms with Crippen LogP contribution in [0.25, 0.3) is 0 Å². The molecule has 0 unspecified atom stereocenters. The second-order valence-electron chi connectivity index (χ2n) is 13.4. The summed E-state index contributed by atoms with van der Waals surface area (Å²) in [4.78, 5) is 0. The first-order valence-electron chi connectivity index (χ1n) is 17.6. The third-order valence-corrected chi connectivity index (χ3v) is 11.0. The van der Waals surface area contributed by atoms with Crippen LogP contribution in [0.4, 0.5) is 0 Å². The van der Waals surface area contributed by atoms with Gasteiger partial charge in [0.1, 0.15) is 17.2 Å². The zero-order valence-corrected chi connectivity index (χ0v) is 34.3. The van der Waals surface area contributed by atoms with Crippen molar-refractivity contribution in [3.8, 4) is 17.2 Å². The number of ether oxygens (including phenoxy) is 2. The Bertz CT molecular complexity index is 1410. The first-order valence-corrected chi connectivity index (χ1v) is 20.0. The van der Waals surface area contributed by atoms with Crippen LogP contribution in [0.1, 0.15) is 117 Å². The summed E-state index contributed by atoms with van der Waals surface area (Å²) in [5.41, 5.74) is 6.32. The molecular formula is C44H68O4S. The van der Waals surface area contributed by atoms with Crippen molar-refractivity contribution >= 4 is 10.3 Å². The smallest absolute Gasteiger partial charge is 0.118 e. The number of rotatable bonds is 8. The van der Waals surface area contributed by atoms with E-state index in [-0.39, 0.29) is 10.8 Å². The molecule has 0 saturated heterocycles. The average Bonchev–Trinajstić information content (AvgIpc) is 3.10. The zero-order valence-electron chi connectivity index (χ0n) is 33.5. The second-order valence-corrected chi connectivity index (χ2v) is 17.1. The van der Waals surface area contributed by atoms with E-state index in [0.29, 0.717) is 16.9 Å². The lowest BCUT2D eigenvalue weighted by Crippen LogP contribution is -2.18. The minimum absolute atomic E-state index is 0.00177. The summed E-state index contributed by atoms with van der Waals surface area (Å²) in [5, 5.41) is 9.78. The Morgan fingerprint density at radius 2 is 0.755 bits per heavy atom. The van der Waals surface area contributed by atoms with Crippen LogP contribution in [0.15, 0.2) is 97.1 Å². The summed E-state index contributed by atoms with van der Waals surface area (Å²) in [6, 6.07) is 32.8. The van der Waals surface area contributed by atoms with Crippen LogP contribution in [-0.4, -0.2) is 41.6 Å². The molecule has 0 bridgehead atoms. The highest BCUT2D eigenvalue weighted by Gasteiger charge is 2.24. The molecule has 4 nitrogen and oxygen atoms in total. The summed E-state index contributed by atoms with van der Waals surface area (Å²) >= 11 is 0. The van der Waals surface area contributed by atoms with Gasteiger partial charge in [0.15, 0.2) is 0 Å². The number of methoxy groups -OCH3 is 2. The predicted octanol–water partition coefficient (Wildman–Crippen LogP) is 12.9. The van der Waals surface area contributed by atoms with E-state index >= 15 is 0 Å². The van der Waals surface area contributed by atoms with Crippen molar-refractivity contribution in [3.63, 3.8) is 0 Å². The number of hydrogen-bond acceptors (Lipinski definition) is 4. The first kappa shape index (κ1) is 45.6. The molecule has 0 fully saturated rings. The van der Waals surface area contributed by atoms with Gasteiger partial charge in [-0.1, -0.05) is 144 Å². The minimum Gasteiger partial charge on any atom is -0.508 e. The van der Waals surface area contributed by atoms with Gasteiger partial charge in [-0.05, 0) is 82.6 Å². The molecule has 49 heavy (non-hydrogen) atoms. The molecule has 5 heteroatoms. The van der Waals surface area contributed by atoms with Gasteiger partial charge in [-0.25, -0.2) is 0 Å². The molecule has 0 radical (unpaired) electrons. The van der Waals surface area contributed by atoms with Gasteiger partial charge in [0.2, 0.25) is 0 Å². The number of phenolic OH excluding ortho intramolecular Hbond substituents is 1. The lowest BCUT2D eigenvalue weighted by molar-refractivity contribution is 0.414. The first-order chi connectivity index (χ1) is 22.9. The van der Waals surface area contributed by atoms with Gasteiger partial charge >= 0.3 is 0 Å². The van der Waals surface area contributed by atoms with Crippen molar-refractivity contribution in [3.05, 3.63) is 125 Å². The molecule has 4 aromatic rings. The zero-order chi connectivity index (χ0) is 38.0. The molecule has 2 N–H and O–H groups in total. The quantitative estimate of drug-likeness (QED) is 0.193. The van der Waals surface area contributed by atoms with E-state index in [1.807, 2.05) is 90.5 Å². The summed E-state index contributed by atoms with van der Waals surface area (Å²) in [6.07, 6.45) is 3.80. The number of phenols is 1. The van der Waals surface area contributed by atoms with E-state index in [4.69, 9.17) is 9.47 Å². The third kappa shape index (κ3) is 14.5. The largest absolute Gasteiger partial charge is 0.508 e. The van der Waals surface area contributed by atoms with Crippen molar-refractivity contribution < 1.29 is 19.1 Å². The molecule has 0 heterocycles. The summed E-state index contributed by atoms with van der Waals surface area (Å²) in [6.45, 7) is 25.4. The third-order valence-electron chi connectivity index (χ3n) is 8.67. The maximum Gasteiger partial charge on any atom is 0.118 e. The van der Waals surface area contributed by atoms with Crippen LogP contribution in [0.5, 0.6) is 17.2 Å². The van der Waals surface area contributed by atoms with E-state index in [1.165, 1.54) is 27.8 Å². The van der Waals surface area contributed by atoms with Gasteiger partial charge in [0.25, 0.3) is 0 Å². The van der Waals surface area contributed by atoms with E-state index < -0.39 is 10.3 Å². The van der Waals surface area contributed by atoms with E-state index in [9.17, 15) is 9.66 Å². The lowest BCUT2D eigenvalue weighted by Gasteiger charge is -2.27. The Labute approximate surface area is 302 Å². The Morgan fingerprint density at radius 1 is 0.510 bits per heavy atom. The molecule has 274 valence electrons. The van der Waals surface area contributed by atoms with Crippen LogP contribution in [-0.2, 0) is 10.8 Å². The molecular weight excluding hydrogens is 625 g/mol. The monoisotopic (exact) mass is 692 g/mol. The molecule has 0 saturated carbocycles. The molecule has 0 aliphatic carbocycles. The number of hydrogen-bond donors (Lipinski definition) is 2. The molecule has 0 atom stereocenters. The van der Waals surface area contributed by atoms with Gasteiger partial charge in [-0.15, -0.1) is 10.3 Å². The van der Waals surface area contributed by atoms with Gasteiger partial charge in [0.05, 0.1) is 14.2 Å². The molecule has 0 amide bonds. The molecule has 0 aliphatic heterocycles. The van der Waals surface area contributed by atoms with Crippen molar-refractivity contribution in [2.75, 3.05) is 26.7 Å². The molecule has 4 rings (SSSR count). The Balaban J connectivity index is 0.000000731. The lowest BCUT2D eigenvalue weighted by atomic mass is 9.77. The van der Waals surface area contributed by atoms with Gasteiger partial charge in [0, 0.05) is 16.1 Å². The maximum absolute atomic E-state index is 9.34. The van der Waals surface area contributed by atoms with Crippen LogP contribution < -0.4 is 9.47 Å². The van der Waals surface area contributed by atoms with Crippen molar-refractivity contribution in [1.29, 1.82) is 0 Å². The van der Waals surface area contributed by atoms with Gasteiger partial charge in [-0.2, -0.15) is 0 Å². The number of benzene rings is 4. The fraction of sp³-hybridized carbons (Fsp3) is 0.455. The van der Waals surface area contributed by atoms with Gasteiger partial charge < -0.3 is 19.1 Å².